The monoisotopic (exact) mass is 393 g/mol. The third kappa shape index (κ3) is 3.62. The molecule has 0 atom stereocenters. The maximum atomic E-state index is 11.3. The Hall–Kier alpha value is -1.54. The molecule has 5 nitrogen and oxygen atoms in total. The van der Waals surface area contributed by atoms with E-state index < -0.39 is 13.2 Å². The molecule has 1 amide bonds. The second-order valence-corrected chi connectivity index (χ2v) is 8.43. The molecule has 1 aliphatic rings. The van der Waals surface area contributed by atoms with E-state index in [1.165, 1.54) is 7.05 Å². The lowest BCUT2D eigenvalue weighted by Gasteiger charge is -2.32. The maximum Gasteiger partial charge on any atom is 0.495 e. The van der Waals surface area contributed by atoms with Gasteiger partial charge < -0.3 is 19.4 Å². The number of hydrogen-bond acceptors (Lipinski definition) is 5. The number of carbonyl (C=O) groups is 1. The first kappa shape index (κ1) is 19.2. The second kappa shape index (κ2) is 6.89. The van der Waals surface area contributed by atoms with Crippen molar-refractivity contribution in [2.75, 3.05) is 7.05 Å². The number of ether oxygens (including phenoxy) is 1. The lowest BCUT2D eigenvalue weighted by atomic mass is 9.81. The van der Waals surface area contributed by atoms with Crippen molar-refractivity contribution in [3.05, 3.63) is 34.7 Å². The number of rotatable bonds is 3. The van der Waals surface area contributed by atoms with Gasteiger partial charge in [-0.05, 0) is 56.7 Å². The standard InChI is InChI=1S/C18H21BClNO4S/c1-17(2)18(3,4)25-19(24-17)11-8-15(26-10-11)13-7-6-12(9-14(13)20)23-16(22)21-5/h6-10H,1-5H3,(H,21,22). The minimum atomic E-state index is -0.534. The number of nitrogens with one attached hydrogen (secondary N) is 1. The van der Waals surface area contributed by atoms with Gasteiger partial charge in [0.1, 0.15) is 5.75 Å². The van der Waals surface area contributed by atoms with Crippen LogP contribution in [-0.2, 0) is 9.31 Å². The van der Waals surface area contributed by atoms with E-state index >= 15 is 0 Å². The zero-order valence-electron chi connectivity index (χ0n) is 15.4. The molecule has 1 saturated heterocycles. The quantitative estimate of drug-likeness (QED) is 0.798. The minimum absolute atomic E-state index is 0.379. The molecule has 3 rings (SSSR count). The van der Waals surface area contributed by atoms with Gasteiger partial charge in [0.15, 0.2) is 0 Å². The predicted molar refractivity (Wildman–Crippen MR) is 106 cm³/mol. The smallest absolute Gasteiger partial charge is 0.410 e. The molecule has 138 valence electrons. The Labute approximate surface area is 162 Å². The van der Waals surface area contributed by atoms with E-state index in [9.17, 15) is 4.79 Å². The Morgan fingerprint density at radius 2 is 1.85 bits per heavy atom. The molecule has 1 fully saturated rings. The zero-order chi connectivity index (χ0) is 19.1. The van der Waals surface area contributed by atoms with Crippen molar-refractivity contribution in [2.45, 2.75) is 38.9 Å². The van der Waals surface area contributed by atoms with Gasteiger partial charge in [-0.3, -0.25) is 0 Å². The third-order valence-corrected chi connectivity index (χ3v) is 6.06. The number of carbonyl (C=O) groups excluding carboxylic acids is 1. The Kier molecular flexibility index (Phi) is 5.09. The van der Waals surface area contributed by atoms with Crippen LogP contribution in [0.15, 0.2) is 29.6 Å². The van der Waals surface area contributed by atoms with Gasteiger partial charge in [0.25, 0.3) is 0 Å². The fourth-order valence-corrected chi connectivity index (χ4v) is 3.79. The Bertz CT molecular complexity index is 820. The van der Waals surface area contributed by atoms with Crippen LogP contribution in [0.1, 0.15) is 27.7 Å². The van der Waals surface area contributed by atoms with E-state index in [2.05, 4.69) is 5.32 Å². The molecule has 8 heteroatoms. The summed E-state index contributed by atoms with van der Waals surface area (Å²) in [5.41, 5.74) is 1.07. The van der Waals surface area contributed by atoms with Gasteiger partial charge in [-0.25, -0.2) is 4.79 Å². The highest BCUT2D eigenvalue weighted by Gasteiger charge is 2.51. The molecule has 0 bridgehead atoms. The molecule has 2 heterocycles. The van der Waals surface area contributed by atoms with E-state index in [4.69, 9.17) is 25.6 Å². The van der Waals surface area contributed by atoms with Crippen molar-refractivity contribution in [3.63, 3.8) is 0 Å². The molecular weight excluding hydrogens is 373 g/mol. The van der Waals surface area contributed by atoms with Crippen molar-refractivity contribution in [3.8, 4) is 16.2 Å². The van der Waals surface area contributed by atoms with Crippen molar-refractivity contribution >= 4 is 41.6 Å². The average Bonchev–Trinajstić information content (AvgIpc) is 3.10. The van der Waals surface area contributed by atoms with Gasteiger partial charge in [-0.2, -0.15) is 0 Å². The van der Waals surface area contributed by atoms with E-state index in [0.717, 1.165) is 15.9 Å². The van der Waals surface area contributed by atoms with E-state index in [0.29, 0.717) is 10.8 Å². The Morgan fingerprint density at radius 1 is 1.19 bits per heavy atom. The second-order valence-electron chi connectivity index (χ2n) is 7.11. The fraction of sp³-hybridized carbons (Fsp3) is 0.389. The highest BCUT2D eigenvalue weighted by molar-refractivity contribution is 7.14. The average molecular weight is 394 g/mol. The van der Waals surface area contributed by atoms with Crippen LogP contribution < -0.4 is 15.5 Å². The number of thiophene rings is 1. The van der Waals surface area contributed by atoms with Crippen LogP contribution in [0.4, 0.5) is 4.79 Å². The summed E-state index contributed by atoms with van der Waals surface area (Å²) in [4.78, 5) is 12.3. The SMILES string of the molecule is CNC(=O)Oc1ccc(-c2cc(B3OC(C)(C)C(C)(C)O3)cs2)c(Cl)c1. The van der Waals surface area contributed by atoms with E-state index in [1.54, 1.807) is 23.5 Å². The van der Waals surface area contributed by atoms with Crippen LogP contribution in [0.25, 0.3) is 10.4 Å². The first-order chi connectivity index (χ1) is 12.1. The third-order valence-electron chi connectivity index (χ3n) is 4.77. The molecule has 1 aromatic carbocycles. The molecule has 1 aliphatic heterocycles. The molecule has 0 aliphatic carbocycles. The topological polar surface area (TPSA) is 56.8 Å². The van der Waals surface area contributed by atoms with Crippen LogP contribution in [0, 0.1) is 0 Å². The molecular formula is C18H21BClNO4S. The summed E-state index contributed by atoms with van der Waals surface area (Å²) < 4.78 is 17.3. The molecule has 0 saturated carbocycles. The number of amides is 1. The van der Waals surface area contributed by atoms with Crippen molar-refractivity contribution < 1.29 is 18.8 Å². The minimum Gasteiger partial charge on any atom is -0.410 e. The van der Waals surface area contributed by atoms with Gasteiger partial charge in [0.2, 0.25) is 0 Å². The van der Waals surface area contributed by atoms with Crippen LogP contribution >= 0.6 is 22.9 Å². The van der Waals surface area contributed by atoms with E-state index in [1.807, 2.05) is 45.2 Å². The largest absolute Gasteiger partial charge is 0.495 e. The van der Waals surface area contributed by atoms with Gasteiger partial charge in [0, 0.05) is 23.6 Å². The highest BCUT2D eigenvalue weighted by atomic mass is 35.5. The lowest BCUT2D eigenvalue weighted by Crippen LogP contribution is -2.41. The van der Waals surface area contributed by atoms with Crippen molar-refractivity contribution in [1.82, 2.24) is 5.32 Å². The van der Waals surface area contributed by atoms with Crippen LogP contribution in [0.2, 0.25) is 5.02 Å². The maximum absolute atomic E-state index is 11.3. The molecule has 26 heavy (non-hydrogen) atoms. The number of halogens is 1. The van der Waals surface area contributed by atoms with Gasteiger partial charge in [0.05, 0.1) is 16.2 Å². The normalized spacial score (nSPS) is 18.0. The van der Waals surface area contributed by atoms with Crippen LogP contribution in [0.3, 0.4) is 0 Å². The summed E-state index contributed by atoms with van der Waals surface area (Å²) in [7, 11) is 1.10. The van der Waals surface area contributed by atoms with Gasteiger partial charge in [-0.15, -0.1) is 11.3 Å². The number of benzene rings is 1. The van der Waals surface area contributed by atoms with Crippen LogP contribution in [0.5, 0.6) is 5.75 Å². The van der Waals surface area contributed by atoms with E-state index in [-0.39, 0.29) is 11.2 Å². The molecule has 1 aromatic heterocycles. The summed E-state index contributed by atoms with van der Waals surface area (Å²) in [6.07, 6.45) is -0.534. The molecule has 0 radical (unpaired) electrons. The lowest BCUT2D eigenvalue weighted by molar-refractivity contribution is 0.00578. The van der Waals surface area contributed by atoms with Gasteiger partial charge in [-0.1, -0.05) is 11.6 Å². The highest BCUT2D eigenvalue weighted by Crippen LogP contribution is 2.38. The predicted octanol–water partition coefficient (Wildman–Crippen LogP) is 4.09. The molecule has 1 N–H and O–H groups in total. The van der Waals surface area contributed by atoms with Crippen molar-refractivity contribution in [2.24, 2.45) is 0 Å². The number of hydrogen-bond donors (Lipinski definition) is 1. The van der Waals surface area contributed by atoms with Crippen molar-refractivity contribution in [1.29, 1.82) is 0 Å². The molecule has 0 unspecified atom stereocenters. The summed E-state index contributed by atoms with van der Waals surface area (Å²) >= 11 is 7.95. The first-order valence-electron chi connectivity index (χ1n) is 8.26. The molecule has 0 spiro atoms. The zero-order valence-corrected chi connectivity index (χ0v) is 17.0. The Morgan fingerprint density at radius 3 is 2.42 bits per heavy atom. The molecule has 2 aromatic rings. The Balaban J connectivity index is 1.81. The summed E-state index contributed by atoms with van der Waals surface area (Å²) in [6, 6.07) is 7.19. The fourth-order valence-electron chi connectivity index (χ4n) is 2.51. The first-order valence-corrected chi connectivity index (χ1v) is 9.52. The van der Waals surface area contributed by atoms with Gasteiger partial charge >= 0.3 is 13.2 Å². The summed E-state index contributed by atoms with van der Waals surface area (Å²) in [6.45, 7) is 8.12. The summed E-state index contributed by atoms with van der Waals surface area (Å²) in [5, 5.41) is 4.92. The van der Waals surface area contributed by atoms with Crippen LogP contribution in [-0.4, -0.2) is 31.5 Å². The summed E-state index contributed by atoms with van der Waals surface area (Å²) in [5.74, 6) is 0.390.